The first kappa shape index (κ1) is 28.1. The summed E-state index contributed by atoms with van der Waals surface area (Å²) in [5.41, 5.74) is 1.78. The number of hydrogen-bond acceptors (Lipinski definition) is 4. The Hall–Kier alpha value is -4.39. The van der Waals surface area contributed by atoms with Gasteiger partial charge in [0.1, 0.15) is 11.9 Å². The fourth-order valence-corrected chi connectivity index (χ4v) is 5.70. The zero-order valence-corrected chi connectivity index (χ0v) is 23.7. The van der Waals surface area contributed by atoms with Gasteiger partial charge in [-0.15, -0.1) is 0 Å². The molecule has 1 saturated carbocycles. The Bertz CT molecular complexity index is 1530. The number of likely N-dealkylation sites (N-methyl/N-ethyl adjacent to an activating group) is 1. The third-order valence-electron chi connectivity index (χ3n) is 8.01. The van der Waals surface area contributed by atoms with Crippen molar-refractivity contribution in [3.05, 3.63) is 107 Å². The number of fused-ring (bicyclic) bond motifs is 1. The Morgan fingerprint density at radius 2 is 1.54 bits per heavy atom. The van der Waals surface area contributed by atoms with Crippen LogP contribution in [0, 0.1) is 5.82 Å². The summed E-state index contributed by atoms with van der Waals surface area (Å²) in [7, 11) is 4.92. The zero-order chi connectivity index (χ0) is 28.9. The van der Waals surface area contributed by atoms with Gasteiger partial charge in [-0.1, -0.05) is 61.4 Å². The number of hydrogen-bond donors (Lipinski definition) is 0. The maximum absolute atomic E-state index is 14.4. The molecule has 212 valence electrons. The third-order valence-corrected chi connectivity index (χ3v) is 8.01. The van der Waals surface area contributed by atoms with Crippen LogP contribution in [0.25, 0.3) is 10.8 Å². The van der Waals surface area contributed by atoms with E-state index in [2.05, 4.69) is 0 Å². The lowest BCUT2D eigenvalue weighted by atomic mass is 9.99. The van der Waals surface area contributed by atoms with E-state index in [1.807, 2.05) is 43.4 Å². The average molecular weight is 555 g/mol. The van der Waals surface area contributed by atoms with E-state index >= 15 is 0 Å². The second-order valence-electron chi connectivity index (χ2n) is 10.5. The van der Waals surface area contributed by atoms with Crippen molar-refractivity contribution in [2.75, 3.05) is 21.3 Å². The fraction of sp³-hybridized carbons (Fsp3) is 0.294. The highest BCUT2D eigenvalue weighted by Crippen LogP contribution is 2.36. The Labute approximate surface area is 240 Å². The predicted octanol–water partition coefficient (Wildman–Crippen LogP) is 6.78. The molecule has 5 rings (SSSR count). The molecule has 1 unspecified atom stereocenters. The second-order valence-corrected chi connectivity index (χ2v) is 10.5. The van der Waals surface area contributed by atoms with E-state index < -0.39 is 6.04 Å². The van der Waals surface area contributed by atoms with E-state index in [1.54, 1.807) is 60.4 Å². The third kappa shape index (κ3) is 6.04. The molecule has 0 heterocycles. The Kier molecular flexibility index (Phi) is 8.53. The molecule has 0 saturated heterocycles. The van der Waals surface area contributed by atoms with Gasteiger partial charge in [0, 0.05) is 25.2 Å². The van der Waals surface area contributed by atoms with Crippen LogP contribution in [0.3, 0.4) is 0 Å². The standard InChI is InChI=1S/C34H35FN2O4/c1-36(29-10-6-7-11-29)34(39)32(26-16-19-30(40-2)31(21-26)41-3)37(22-23-12-17-28(35)18-13-23)33(38)27-15-14-24-8-4-5-9-25(24)20-27/h4-5,8-9,12-21,29,32H,6-7,10-11,22H2,1-3H3. The number of nitrogens with zero attached hydrogens (tertiary/aromatic N) is 2. The smallest absolute Gasteiger partial charge is 0.255 e. The van der Waals surface area contributed by atoms with E-state index in [4.69, 9.17) is 9.47 Å². The minimum atomic E-state index is -0.954. The summed E-state index contributed by atoms with van der Waals surface area (Å²) in [6, 6.07) is 23.9. The lowest BCUT2D eigenvalue weighted by Crippen LogP contribution is -2.46. The highest BCUT2D eigenvalue weighted by atomic mass is 19.1. The van der Waals surface area contributed by atoms with Gasteiger partial charge in [0.25, 0.3) is 5.91 Å². The number of carbonyl (C=O) groups excluding carboxylic acids is 2. The molecule has 0 bridgehead atoms. The van der Waals surface area contributed by atoms with Gasteiger partial charge in [0.15, 0.2) is 11.5 Å². The van der Waals surface area contributed by atoms with Crippen molar-refractivity contribution in [3.63, 3.8) is 0 Å². The molecule has 0 radical (unpaired) electrons. The highest BCUT2D eigenvalue weighted by molar-refractivity contribution is 6.01. The summed E-state index contributed by atoms with van der Waals surface area (Å²) in [5, 5.41) is 1.94. The first-order valence-electron chi connectivity index (χ1n) is 13.9. The van der Waals surface area contributed by atoms with Gasteiger partial charge < -0.3 is 19.3 Å². The Morgan fingerprint density at radius 3 is 2.22 bits per heavy atom. The first-order valence-corrected chi connectivity index (χ1v) is 13.9. The molecule has 1 atom stereocenters. The molecule has 4 aromatic carbocycles. The highest BCUT2D eigenvalue weighted by Gasteiger charge is 2.37. The summed E-state index contributed by atoms with van der Waals surface area (Å²) in [4.78, 5) is 32.2. The maximum atomic E-state index is 14.4. The summed E-state index contributed by atoms with van der Waals surface area (Å²) in [6.07, 6.45) is 3.99. The van der Waals surface area contributed by atoms with Crippen molar-refractivity contribution >= 4 is 22.6 Å². The van der Waals surface area contributed by atoms with Crippen LogP contribution in [0.4, 0.5) is 4.39 Å². The van der Waals surface area contributed by atoms with Crippen molar-refractivity contribution in [2.24, 2.45) is 0 Å². The monoisotopic (exact) mass is 554 g/mol. The summed E-state index contributed by atoms with van der Waals surface area (Å²) < 4.78 is 24.8. The number of amides is 2. The van der Waals surface area contributed by atoms with Crippen molar-refractivity contribution in [1.29, 1.82) is 0 Å². The van der Waals surface area contributed by atoms with Gasteiger partial charge in [0.05, 0.1) is 14.2 Å². The number of halogens is 1. The number of methoxy groups -OCH3 is 2. The molecular weight excluding hydrogens is 519 g/mol. The van der Waals surface area contributed by atoms with Crippen LogP contribution in [0.5, 0.6) is 11.5 Å². The lowest BCUT2D eigenvalue weighted by Gasteiger charge is -2.36. The summed E-state index contributed by atoms with van der Waals surface area (Å²) in [5.74, 6) is 0.145. The van der Waals surface area contributed by atoms with E-state index in [9.17, 15) is 14.0 Å². The Balaban J connectivity index is 1.64. The molecule has 0 spiro atoms. The average Bonchev–Trinajstić information content (AvgIpc) is 3.55. The van der Waals surface area contributed by atoms with Crippen LogP contribution in [-0.2, 0) is 11.3 Å². The van der Waals surface area contributed by atoms with Crippen molar-refractivity contribution < 1.29 is 23.5 Å². The topological polar surface area (TPSA) is 59.1 Å². The molecule has 1 aliphatic carbocycles. The molecule has 0 aliphatic heterocycles. The van der Waals surface area contributed by atoms with Crippen molar-refractivity contribution in [3.8, 4) is 11.5 Å². The van der Waals surface area contributed by atoms with Crippen molar-refractivity contribution in [2.45, 2.75) is 44.3 Å². The first-order chi connectivity index (χ1) is 19.9. The molecule has 0 N–H and O–H groups in total. The summed E-state index contributed by atoms with van der Waals surface area (Å²) in [6.45, 7) is 0.106. The molecule has 6 nitrogen and oxygen atoms in total. The lowest BCUT2D eigenvalue weighted by molar-refractivity contribution is -0.137. The van der Waals surface area contributed by atoms with Crippen LogP contribution < -0.4 is 9.47 Å². The van der Waals surface area contributed by atoms with Crippen LogP contribution in [0.2, 0.25) is 0 Å². The number of rotatable bonds is 9. The quantitative estimate of drug-likeness (QED) is 0.229. The van der Waals surface area contributed by atoms with E-state index in [-0.39, 0.29) is 30.2 Å². The number of benzene rings is 4. The maximum Gasteiger partial charge on any atom is 0.255 e. The minimum Gasteiger partial charge on any atom is -0.493 e. The van der Waals surface area contributed by atoms with Gasteiger partial charge >= 0.3 is 0 Å². The summed E-state index contributed by atoms with van der Waals surface area (Å²) >= 11 is 0. The molecule has 1 fully saturated rings. The van der Waals surface area contributed by atoms with Gasteiger partial charge in [-0.3, -0.25) is 9.59 Å². The fourth-order valence-electron chi connectivity index (χ4n) is 5.70. The minimum absolute atomic E-state index is 0.105. The van der Waals surface area contributed by atoms with E-state index in [0.717, 1.165) is 36.5 Å². The SMILES string of the molecule is COc1ccc(C(C(=O)N(C)C2CCCC2)N(Cc2ccc(F)cc2)C(=O)c2ccc3ccccc3c2)cc1OC. The van der Waals surface area contributed by atoms with Gasteiger partial charge in [-0.25, -0.2) is 4.39 Å². The molecule has 1 aliphatic rings. The van der Waals surface area contributed by atoms with Crippen LogP contribution in [0.1, 0.15) is 53.2 Å². The molecule has 4 aromatic rings. The van der Waals surface area contributed by atoms with E-state index in [0.29, 0.717) is 28.2 Å². The van der Waals surface area contributed by atoms with Crippen LogP contribution in [-0.4, -0.2) is 48.9 Å². The number of ether oxygens (including phenoxy) is 2. The normalized spacial score (nSPS) is 14.0. The van der Waals surface area contributed by atoms with E-state index in [1.165, 1.54) is 12.1 Å². The van der Waals surface area contributed by atoms with Gasteiger partial charge in [-0.05, 0) is 71.1 Å². The van der Waals surface area contributed by atoms with Gasteiger partial charge in [0.2, 0.25) is 5.91 Å². The Morgan fingerprint density at radius 1 is 0.854 bits per heavy atom. The zero-order valence-electron chi connectivity index (χ0n) is 23.7. The molecule has 7 heteroatoms. The predicted molar refractivity (Wildman–Crippen MR) is 158 cm³/mol. The molecule has 41 heavy (non-hydrogen) atoms. The molecular formula is C34H35FN2O4. The second kappa shape index (κ2) is 12.4. The van der Waals surface area contributed by atoms with Crippen molar-refractivity contribution in [1.82, 2.24) is 9.80 Å². The largest absolute Gasteiger partial charge is 0.493 e. The number of carbonyl (C=O) groups is 2. The molecule has 0 aromatic heterocycles. The van der Waals surface area contributed by atoms with Crippen LogP contribution in [0.15, 0.2) is 84.9 Å². The van der Waals surface area contributed by atoms with Gasteiger partial charge in [-0.2, -0.15) is 0 Å². The molecule has 2 amide bonds. The van der Waals surface area contributed by atoms with Crippen LogP contribution >= 0.6 is 0 Å².